The van der Waals surface area contributed by atoms with Crippen molar-refractivity contribution in [3.63, 3.8) is 0 Å². The van der Waals surface area contributed by atoms with E-state index >= 15 is 0 Å². The van der Waals surface area contributed by atoms with Crippen molar-refractivity contribution in [2.45, 2.75) is 13.2 Å². The van der Waals surface area contributed by atoms with Gasteiger partial charge in [-0.25, -0.2) is 8.96 Å². The molecule has 0 amide bonds. The van der Waals surface area contributed by atoms with Crippen LogP contribution in [0.1, 0.15) is 27.0 Å². The van der Waals surface area contributed by atoms with Gasteiger partial charge in [-0.1, -0.05) is 12.1 Å². The van der Waals surface area contributed by atoms with E-state index in [0.29, 0.717) is 29.2 Å². The van der Waals surface area contributed by atoms with Gasteiger partial charge < -0.3 is 31.2 Å². The summed E-state index contributed by atoms with van der Waals surface area (Å²) in [6, 6.07) is 13.7. The molecule has 31 heavy (non-hydrogen) atoms. The van der Waals surface area contributed by atoms with Crippen LogP contribution in [0.5, 0.6) is 11.5 Å². The fraction of sp³-hybridized carbons (Fsp3) is 0.167. The number of pyridine rings is 1. The van der Waals surface area contributed by atoms with Gasteiger partial charge in [0.1, 0.15) is 12.4 Å². The molecular weight excluding hydrogens is 465 g/mol. The van der Waals surface area contributed by atoms with Gasteiger partial charge >= 0.3 is 0 Å². The molecule has 5 nitrogen and oxygen atoms in total. The highest BCUT2D eigenvalue weighted by atomic mass is 79.9. The Morgan fingerprint density at radius 2 is 1.87 bits per heavy atom. The van der Waals surface area contributed by atoms with Crippen LogP contribution in [-0.4, -0.2) is 20.0 Å². The topological polar surface area (TPSA) is 48.6 Å². The lowest BCUT2D eigenvalue weighted by atomic mass is 9.98. The third-order valence-corrected chi connectivity index (χ3v) is 4.96. The molecule has 0 saturated carbocycles. The first-order valence-electron chi connectivity index (χ1n) is 9.45. The summed E-state index contributed by atoms with van der Waals surface area (Å²) in [6.07, 6.45) is 5.48. The number of ketones is 1. The summed E-state index contributed by atoms with van der Waals surface area (Å²) < 4.78 is 31.7. The molecule has 2 aromatic carbocycles. The minimum atomic E-state index is -0.253. The van der Waals surface area contributed by atoms with Crippen LogP contribution in [0.25, 0.3) is 6.08 Å². The van der Waals surface area contributed by atoms with Crippen LogP contribution < -0.4 is 31.0 Å². The SMILES string of the molecule is COc1ccc2c(c1OC)CO/C(=C\c1cc[n+](Cc3cccc(F)c3)cc1)C2=O.[Br-]. The highest BCUT2D eigenvalue weighted by molar-refractivity contribution is 6.12. The maximum Gasteiger partial charge on any atom is 0.228 e. The molecule has 1 aliphatic rings. The Balaban J connectivity index is 0.00000272. The number of hydrogen-bond donors (Lipinski definition) is 0. The maximum atomic E-state index is 13.3. The zero-order valence-electron chi connectivity index (χ0n) is 17.1. The molecule has 0 aliphatic carbocycles. The summed E-state index contributed by atoms with van der Waals surface area (Å²) in [4.78, 5) is 12.9. The van der Waals surface area contributed by atoms with Gasteiger partial charge in [-0.3, -0.25) is 4.79 Å². The third kappa shape index (κ3) is 4.77. The van der Waals surface area contributed by atoms with Crippen molar-refractivity contribution in [3.8, 4) is 11.5 Å². The highest BCUT2D eigenvalue weighted by Gasteiger charge is 2.28. The summed E-state index contributed by atoms with van der Waals surface area (Å²) in [7, 11) is 3.09. The molecule has 160 valence electrons. The van der Waals surface area contributed by atoms with Gasteiger partial charge in [0, 0.05) is 28.8 Å². The number of hydrogen-bond acceptors (Lipinski definition) is 4. The van der Waals surface area contributed by atoms with Crippen LogP contribution in [0.4, 0.5) is 4.39 Å². The molecular formula is C24H21BrFNO4. The second-order valence-corrected chi connectivity index (χ2v) is 6.89. The number of fused-ring (bicyclic) bond motifs is 1. The summed E-state index contributed by atoms with van der Waals surface area (Å²) in [5.74, 6) is 0.898. The van der Waals surface area contributed by atoms with Gasteiger partial charge in [0.05, 0.1) is 14.2 Å². The van der Waals surface area contributed by atoms with E-state index < -0.39 is 0 Å². The van der Waals surface area contributed by atoms with Crippen LogP contribution in [0, 0.1) is 5.82 Å². The predicted octanol–water partition coefficient (Wildman–Crippen LogP) is 0.937. The van der Waals surface area contributed by atoms with Crippen LogP contribution in [0.2, 0.25) is 0 Å². The molecule has 0 bridgehead atoms. The Morgan fingerprint density at radius 3 is 2.55 bits per heavy atom. The normalized spacial score (nSPS) is 13.8. The number of Topliss-reactive ketones (excluding diaryl/α,β-unsaturated/α-hetero) is 1. The third-order valence-electron chi connectivity index (χ3n) is 4.96. The Morgan fingerprint density at radius 1 is 1.10 bits per heavy atom. The lowest BCUT2D eigenvalue weighted by Gasteiger charge is -2.22. The number of aromatic nitrogens is 1. The van der Waals surface area contributed by atoms with Gasteiger partial charge in [0.2, 0.25) is 5.78 Å². The van der Waals surface area contributed by atoms with E-state index in [1.807, 2.05) is 35.2 Å². The lowest BCUT2D eigenvalue weighted by molar-refractivity contribution is -0.688. The van der Waals surface area contributed by atoms with Crippen molar-refractivity contribution in [2.75, 3.05) is 14.2 Å². The molecule has 7 heteroatoms. The number of nitrogens with zero attached hydrogens (tertiary/aromatic N) is 1. The standard InChI is InChI=1S/C24H21FNO4.BrH/c1-28-21-7-6-19-20(24(21)29-2)15-30-22(23(19)27)13-16-8-10-26(11-9-16)14-17-4-3-5-18(25)12-17;/h3-13H,14-15H2,1-2H3;1H/q+1;/p-1/b22-13-;. The van der Waals surface area contributed by atoms with Crippen LogP contribution in [0.3, 0.4) is 0 Å². The molecule has 3 aromatic rings. The van der Waals surface area contributed by atoms with E-state index in [1.54, 1.807) is 31.4 Å². The van der Waals surface area contributed by atoms with Gasteiger partial charge in [-0.05, 0) is 35.9 Å². The first kappa shape index (κ1) is 22.5. The predicted molar refractivity (Wildman–Crippen MR) is 109 cm³/mol. The van der Waals surface area contributed by atoms with Crippen molar-refractivity contribution in [3.05, 3.63) is 94.8 Å². The molecule has 0 saturated heterocycles. The Bertz CT molecular complexity index is 1130. The minimum absolute atomic E-state index is 0. The Kier molecular flexibility index (Phi) is 7.07. The van der Waals surface area contributed by atoms with Crippen molar-refractivity contribution < 1.29 is 44.9 Å². The number of ether oxygens (including phenoxy) is 3. The van der Waals surface area contributed by atoms with E-state index in [0.717, 1.165) is 11.1 Å². The number of methoxy groups -OCH3 is 2. The van der Waals surface area contributed by atoms with Crippen molar-refractivity contribution >= 4 is 11.9 Å². The fourth-order valence-corrected chi connectivity index (χ4v) is 3.47. The summed E-state index contributed by atoms with van der Waals surface area (Å²) in [6.45, 7) is 0.777. The number of allylic oxidation sites excluding steroid dienone is 1. The van der Waals surface area contributed by atoms with Gasteiger partial charge in [0.25, 0.3) is 0 Å². The smallest absolute Gasteiger partial charge is 0.228 e. The lowest BCUT2D eigenvalue weighted by Crippen LogP contribution is -3.00. The molecule has 0 radical (unpaired) electrons. The monoisotopic (exact) mass is 485 g/mol. The Labute approximate surface area is 190 Å². The van der Waals surface area contributed by atoms with E-state index in [1.165, 1.54) is 19.2 Å². The molecule has 1 aromatic heterocycles. The summed E-state index contributed by atoms with van der Waals surface area (Å²) in [5, 5.41) is 0. The second kappa shape index (κ2) is 9.75. The van der Waals surface area contributed by atoms with E-state index in [9.17, 15) is 9.18 Å². The van der Waals surface area contributed by atoms with E-state index in [4.69, 9.17) is 14.2 Å². The number of benzene rings is 2. The number of halogens is 2. The molecule has 0 unspecified atom stereocenters. The molecule has 2 heterocycles. The first-order chi connectivity index (χ1) is 14.6. The quantitative estimate of drug-likeness (QED) is 0.398. The number of rotatable bonds is 5. The minimum Gasteiger partial charge on any atom is -1.00 e. The second-order valence-electron chi connectivity index (χ2n) is 6.89. The molecule has 0 fully saturated rings. The maximum absolute atomic E-state index is 13.3. The molecule has 4 rings (SSSR count). The van der Waals surface area contributed by atoms with Crippen LogP contribution >= 0.6 is 0 Å². The van der Waals surface area contributed by atoms with Crippen LogP contribution in [-0.2, 0) is 17.9 Å². The van der Waals surface area contributed by atoms with Crippen molar-refractivity contribution in [1.29, 1.82) is 0 Å². The molecule has 1 aliphatic heterocycles. The average Bonchev–Trinajstić information content (AvgIpc) is 2.76. The molecule has 0 atom stereocenters. The van der Waals surface area contributed by atoms with Crippen molar-refractivity contribution in [2.24, 2.45) is 0 Å². The number of carbonyl (C=O) groups is 1. The van der Waals surface area contributed by atoms with Gasteiger partial charge in [0.15, 0.2) is 36.2 Å². The largest absolute Gasteiger partial charge is 1.00 e. The zero-order chi connectivity index (χ0) is 21.1. The molecule has 0 N–H and O–H groups in total. The average molecular weight is 486 g/mol. The van der Waals surface area contributed by atoms with Crippen LogP contribution in [0.15, 0.2) is 66.7 Å². The molecule has 0 spiro atoms. The summed E-state index contributed by atoms with van der Waals surface area (Å²) in [5.41, 5.74) is 2.93. The van der Waals surface area contributed by atoms with Crippen molar-refractivity contribution in [1.82, 2.24) is 0 Å². The van der Waals surface area contributed by atoms with Gasteiger partial charge in [-0.15, -0.1) is 0 Å². The zero-order valence-corrected chi connectivity index (χ0v) is 18.7. The Hall–Kier alpha value is -3.19. The van der Waals surface area contributed by atoms with E-state index in [-0.39, 0.29) is 40.9 Å². The highest BCUT2D eigenvalue weighted by Crippen LogP contribution is 2.37. The van der Waals surface area contributed by atoms with E-state index in [2.05, 4.69) is 0 Å². The fourth-order valence-electron chi connectivity index (χ4n) is 3.47. The first-order valence-corrected chi connectivity index (χ1v) is 9.45. The number of carbonyl (C=O) groups excluding carboxylic acids is 1. The summed E-state index contributed by atoms with van der Waals surface area (Å²) >= 11 is 0. The van der Waals surface area contributed by atoms with Gasteiger partial charge in [-0.2, -0.15) is 0 Å².